The average Bonchev–Trinajstić information content (AvgIpc) is 3.13. The van der Waals surface area contributed by atoms with Crippen LogP contribution in [0.4, 0.5) is 0 Å². The Morgan fingerprint density at radius 3 is 2.48 bits per heavy atom. The molecule has 3 heteroatoms. The molecule has 0 bridgehead atoms. The second-order valence-electron chi connectivity index (χ2n) is 9.61. The van der Waals surface area contributed by atoms with Crippen LogP contribution in [0, 0.1) is 5.92 Å². The molecule has 1 saturated carbocycles. The maximum Gasteiger partial charge on any atom is 0.219 e. The number of benzene rings is 1. The van der Waals surface area contributed by atoms with Crippen LogP contribution >= 0.6 is 0 Å². The van der Waals surface area contributed by atoms with Crippen molar-refractivity contribution < 1.29 is 4.79 Å². The highest BCUT2D eigenvalue weighted by Crippen LogP contribution is 2.55. The van der Waals surface area contributed by atoms with E-state index in [-0.39, 0.29) is 5.91 Å². The highest BCUT2D eigenvalue weighted by Gasteiger charge is 2.50. The zero-order valence-corrected chi connectivity index (χ0v) is 16.8. The molecular weight excluding hydrogens is 332 g/mol. The standard InChI is InChI=1S/C24H34N2O/c1-18(27)26-14-11-19-17-24(22-10-6-5-9-21(22)23(19)26)12-15-25(16-13-24)20-7-3-2-4-8-20/h5-6,9-10,19-20,23H,2-4,7-8,11-17H2,1H3/t19-,23-/m1/s1. The Bertz CT molecular complexity index is 700. The molecule has 2 saturated heterocycles. The first-order valence-corrected chi connectivity index (χ1v) is 11.3. The molecule has 1 spiro atoms. The van der Waals surface area contributed by atoms with Crippen molar-refractivity contribution in [1.29, 1.82) is 0 Å². The second kappa shape index (κ2) is 6.92. The number of rotatable bonds is 1. The lowest BCUT2D eigenvalue weighted by Gasteiger charge is -2.51. The van der Waals surface area contributed by atoms with Crippen molar-refractivity contribution in [3.63, 3.8) is 0 Å². The maximum atomic E-state index is 12.2. The van der Waals surface area contributed by atoms with Crippen molar-refractivity contribution in [2.75, 3.05) is 19.6 Å². The Kier molecular flexibility index (Phi) is 4.54. The van der Waals surface area contributed by atoms with Crippen molar-refractivity contribution in [3.8, 4) is 0 Å². The Morgan fingerprint density at radius 2 is 1.74 bits per heavy atom. The molecule has 0 N–H and O–H groups in total. The van der Waals surface area contributed by atoms with Crippen LogP contribution in [0.15, 0.2) is 24.3 Å². The third-order valence-corrected chi connectivity index (χ3v) is 8.28. The molecule has 5 rings (SSSR count). The highest BCUT2D eigenvalue weighted by molar-refractivity contribution is 5.74. The first-order chi connectivity index (χ1) is 13.2. The minimum Gasteiger partial charge on any atom is -0.336 e. The molecule has 3 fully saturated rings. The molecule has 2 aliphatic heterocycles. The monoisotopic (exact) mass is 366 g/mol. The fourth-order valence-electron chi connectivity index (χ4n) is 6.93. The third-order valence-electron chi connectivity index (χ3n) is 8.28. The van der Waals surface area contributed by atoms with Gasteiger partial charge >= 0.3 is 0 Å². The summed E-state index contributed by atoms with van der Waals surface area (Å²) in [6.07, 6.45) is 12.2. The van der Waals surface area contributed by atoms with Gasteiger partial charge in [0.1, 0.15) is 0 Å². The molecule has 0 aromatic heterocycles. The van der Waals surface area contributed by atoms with Gasteiger partial charge in [0.2, 0.25) is 5.91 Å². The third kappa shape index (κ3) is 2.93. The van der Waals surface area contributed by atoms with Crippen molar-refractivity contribution in [2.45, 2.75) is 82.2 Å². The van der Waals surface area contributed by atoms with Gasteiger partial charge in [0.15, 0.2) is 0 Å². The first kappa shape index (κ1) is 17.7. The average molecular weight is 367 g/mol. The van der Waals surface area contributed by atoms with E-state index >= 15 is 0 Å². The summed E-state index contributed by atoms with van der Waals surface area (Å²) in [5.74, 6) is 0.908. The number of amides is 1. The van der Waals surface area contributed by atoms with Gasteiger partial charge in [-0.25, -0.2) is 0 Å². The van der Waals surface area contributed by atoms with Crippen molar-refractivity contribution in [2.24, 2.45) is 5.92 Å². The lowest BCUT2D eigenvalue weighted by Crippen LogP contribution is -2.50. The van der Waals surface area contributed by atoms with Gasteiger partial charge in [0.25, 0.3) is 0 Å². The van der Waals surface area contributed by atoms with E-state index in [9.17, 15) is 4.79 Å². The van der Waals surface area contributed by atoms with Gasteiger partial charge in [-0.3, -0.25) is 4.79 Å². The zero-order chi connectivity index (χ0) is 18.4. The fraction of sp³-hybridized carbons (Fsp3) is 0.708. The molecule has 3 nitrogen and oxygen atoms in total. The van der Waals surface area contributed by atoms with Crippen LogP contribution in [-0.4, -0.2) is 41.4 Å². The van der Waals surface area contributed by atoms with E-state index in [1.165, 1.54) is 76.4 Å². The number of carbonyl (C=O) groups is 1. The molecule has 2 aliphatic carbocycles. The summed E-state index contributed by atoms with van der Waals surface area (Å²) in [7, 11) is 0. The molecule has 2 atom stereocenters. The van der Waals surface area contributed by atoms with Crippen molar-refractivity contribution in [1.82, 2.24) is 9.80 Å². The Balaban J connectivity index is 1.41. The van der Waals surface area contributed by atoms with Crippen LogP contribution in [0.25, 0.3) is 0 Å². The molecule has 146 valence electrons. The molecule has 1 aromatic carbocycles. The smallest absolute Gasteiger partial charge is 0.219 e. The molecule has 27 heavy (non-hydrogen) atoms. The van der Waals surface area contributed by atoms with Crippen molar-refractivity contribution in [3.05, 3.63) is 35.4 Å². The summed E-state index contributed by atoms with van der Waals surface area (Å²) in [6.45, 7) is 5.24. The summed E-state index contributed by atoms with van der Waals surface area (Å²) in [5.41, 5.74) is 3.39. The van der Waals surface area contributed by atoms with E-state index in [4.69, 9.17) is 0 Å². The van der Waals surface area contributed by atoms with Gasteiger partial charge in [0.05, 0.1) is 6.04 Å². The van der Waals surface area contributed by atoms with Gasteiger partial charge in [-0.1, -0.05) is 43.5 Å². The zero-order valence-electron chi connectivity index (χ0n) is 16.8. The molecule has 0 unspecified atom stereocenters. The van der Waals surface area contributed by atoms with E-state index < -0.39 is 0 Å². The fourth-order valence-corrected chi connectivity index (χ4v) is 6.93. The lowest BCUT2D eigenvalue weighted by molar-refractivity contribution is -0.130. The minimum absolute atomic E-state index is 0.250. The summed E-state index contributed by atoms with van der Waals surface area (Å²) in [6, 6.07) is 10.3. The summed E-state index contributed by atoms with van der Waals surface area (Å²) < 4.78 is 0. The van der Waals surface area contributed by atoms with E-state index in [1.54, 1.807) is 12.5 Å². The van der Waals surface area contributed by atoms with E-state index in [0.29, 0.717) is 17.4 Å². The lowest BCUT2D eigenvalue weighted by atomic mass is 9.60. The number of piperidine rings is 1. The summed E-state index contributed by atoms with van der Waals surface area (Å²) in [5, 5.41) is 0. The van der Waals surface area contributed by atoms with Crippen LogP contribution in [0.5, 0.6) is 0 Å². The number of fused-ring (bicyclic) bond motifs is 4. The predicted molar refractivity (Wildman–Crippen MR) is 109 cm³/mol. The molecule has 1 amide bonds. The molecule has 4 aliphatic rings. The SMILES string of the molecule is CC(=O)N1CC[C@@H]2CC3(CCN(C4CCCCC4)CC3)c3ccccc3[C@@H]21. The normalized spacial score (nSPS) is 30.9. The number of carbonyl (C=O) groups excluding carboxylic acids is 1. The molecule has 1 aromatic rings. The number of nitrogens with zero attached hydrogens (tertiary/aromatic N) is 2. The molecular formula is C24H34N2O. The summed E-state index contributed by atoms with van der Waals surface area (Å²) in [4.78, 5) is 17.2. The minimum atomic E-state index is 0.250. The predicted octanol–water partition coefficient (Wildman–Crippen LogP) is 4.67. The van der Waals surface area contributed by atoms with E-state index in [1.807, 2.05) is 0 Å². The molecule has 2 heterocycles. The van der Waals surface area contributed by atoms with Gasteiger partial charge in [-0.2, -0.15) is 0 Å². The largest absolute Gasteiger partial charge is 0.336 e. The van der Waals surface area contributed by atoms with Gasteiger partial charge in [-0.15, -0.1) is 0 Å². The van der Waals surface area contributed by atoms with Crippen LogP contribution in [-0.2, 0) is 10.2 Å². The van der Waals surface area contributed by atoms with Gasteiger partial charge in [0, 0.05) is 19.5 Å². The topological polar surface area (TPSA) is 23.6 Å². The van der Waals surface area contributed by atoms with Crippen LogP contribution in [0.3, 0.4) is 0 Å². The van der Waals surface area contributed by atoms with Crippen LogP contribution in [0.2, 0.25) is 0 Å². The summed E-state index contributed by atoms with van der Waals surface area (Å²) >= 11 is 0. The van der Waals surface area contributed by atoms with E-state index in [2.05, 4.69) is 34.1 Å². The Labute approximate surface area is 164 Å². The van der Waals surface area contributed by atoms with Gasteiger partial charge in [-0.05, 0) is 74.1 Å². The Morgan fingerprint density at radius 1 is 1.00 bits per heavy atom. The van der Waals surface area contributed by atoms with Crippen molar-refractivity contribution >= 4 is 5.91 Å². The number of hydrogen-bond acceptors (Lipinski definition) is 2. The first-order valence-electron chi connectivity index (χ1n) is 11.3. The highest BCUT2D eigenvalue weighted by atomic mass is 16.2. The number of hydrogen-bond donors (Lipinski definition) is 0. The maximum absolute atomic E-state index is 12.2. The van der Waals surface area contributed by atoms with Crippen LogP contribution in [0.1, 0.15) is 81.9 Å². The van der Waals surface area contributed by atoms with Gasteiger partial charge < -0.3 is 9.80 Å². The Hall–Kier alpha value is -1.35. The molecule has 0 radical (unpaired) electrons. The van der Waals surface area contributed by atoms with Crippen LogP contribution < -0.4 is 0 Å². The van der Waals surface area contributed by atoms with E-state index in [0.717, 1.165) is 12.6 Å². The quantitative estimate of drug-likeness (QED) is 0.721. The number of likely N-dealkylation sites (tertiary alicyclic amines) is 2. The second-order valence-corrected chi connectivity index (χ2v) is 9.61.